The third-order valence-corrected chi connectivity index (χ3v) is 4.45. The number of thiazole rings is 1. The molecule has 0 spiro atoms. The van der Waals surface area contributed by atoms with Gasteiger partial charge in [-0.15, -0.1) is 11.3 Å². The van der Waals surface area contributed by atoms with E-state index in [-0.39, 0.29) is 11.6 Å². The van der Waals surface area contributed by atoms with Crippen LogP contribution in [0.25, 0.3) is 11.3 Å². The largest absolute Gasteiger partial charge is 0.494 e. The molecule has 3 aromatic rings. The van der Waals surface area contributed by atoms with Crippen molar-refractivity contribution in [2.24, 2.45) is 0 Å². The van der Waals surface area contributed by atoms with Crippen LogP contribution < -0.4 is 10.1 Å². The first-order valence-corrected chi connectivity index (χ1v) is 9.19. The summed E-state index contributed by atoms with van der Waals surface area (Å²) in [6, 6.07) is 13.0. The minimum Gasteiger partial charge on any atom is -0.494 e. The van der Waals surface area contributed by atoms with Gasteiger partial charge in [0, 0.05) is 28.6 Å². The number of amides is 1. The Morgan fingerprint density at radius 1 is 1.19 bits per heavy atom. The Balaban J connectivity index is 1.66. The van der Waals surface area contributed by atoms with E-state index in [0.717, 1.165) is 23.4 Å². The molecule has 7 nitrogen and oxygen atoms in total. The van der Waals surface area contributed by atoms with E-state index >= 15 is 0 Å². The van der Waals surface area contributed by atoms with Crippen LogP contribution in [0.1, 0.15) is 23.7 Å². The average Bonchev–Trinajstić information content (AvgIpc) is 3.15. The fourth-order valence-electron chi connectivity index (χ4n) is 2.31. The molecule has 0 unspecified atom stereocenters. The molecule has 0 saturated heterocycles. The van der Waals surface area contributed by atoms with Crippen LogP contribution in [0.2, 0.25) is 0 Å². The third kappa shape index (κ3) is 4.68. The maximum absolute atomic E-state index is 12.3. The van der Waals surface area contributed by atoms with Crippen molar-refractivity contribution in [1.82, 2.24) is 4.98 Å². The molecule has 1 aromatic heterocycles. The first-order valence-electron chi connectivity index (χ1n) is 8.31. The number of nitrogens with zero attached hydrogens (tertiary/aromatic N) is 2. The molecule has 2 aromatic carbocycles. The van der Waals surface area contributed by atoms with Gasteiger partial charge in [0.05, 0.1) is 17.2 Å². The number of nitrogens with one attached hydrogen (secondary N) is 1. The summed E-state index contributed by atoms with van der Waals surface area (Å²) < 4.78 is 5.56. The molecule has 0 atom stereocenters. The maximum Gasteiger partial charge on any atom is 0.269 e. The standard InChI is InChI=1S/C19H17N3O4S/c1-2-11-26-16-9-5-13(6-10-16)17-12-27-19(20-17)21-18(23)14-3-7-15(8-4-14)22(24)25/h3-10,12H,2,11H2,1H3,(H,20,21,23). The first kappa shape index (κ1) is 18.5. The van der Waals surface area contributed by atoms with E-state index in [2.05, 4.69) is 17.2 Å². The van der Waals surface area contributed by atoms with Gasteiger partial charge in [0.15, 0.2) is 5.13 Å². The van der Waals surface area contributed by atoms with Crippen molar-refractivity contribution >= 4 is 28.1 Å². The Labute approximate surface area is 159 Å². The summed E-state index contributed by atoms with van der Waals surface area (Å²) in [6.07, 6.45) is 0.950. The van der Waals surface area contributed by atoms with Crippen molar-refractivity contribution in [3.63, 3.8) is 0 Å². The van der Waals surface area contributed by atoms with Gasteiger partial charge in [0.2, 0.25) is 0 Å². The molecule has 1 amide bonds. The quantitative estimate of drug-likeness (QED) is 0.469. The first-order chi connectivity index (χ1) is 13.1. The molecule has 138 valence electrons. The summed E-state index contributed by atoms with van der Waals surface area (Å²) in [5.74, 6) is 0.441. The Morgan fingerprint density at radius 3 is 2.52 bits per heavy atom. The van der Waals surface area contributed by atoms with Gasteiger partial charge >= 0.3 is 0 Å². The van der Waals surface area contributed by atoms with Crippen molar-refractivity contribution in [1.29, 1.82) is 0 Å². The van der Waals surface area contributed by atoms with E-state index < -0.39 is 4.92 Å². The molecule has 0 aliphatic heterocycles. The minimum atomic E-state index is -0.507. The zero-order valence-corrected chi connectivity index (χ0v) is 15.4. The van der Waals surface area contributed by atoms with Crippen molar-refractivity contribution < 1.29 is 14.5 Å². The normalized spacial score (nSPS) is 10.4. The molecule has 1 heterocycles. The summed E-state index contributed by atoms with van der Waals surface area (Å²) in [5.41, 5.74) is 1.94. The highest BCUT2D eigenvalue weighted by molar-refractivity contribution is 7.14. The van der Waals surface area contributed by atoms with Crippen LogP contribution in [-0.2, 0) is 0 Å². The molecule has 27 heavy (non-hydrogen) atoms. The van der Waals surface area contributed by atoms with Crippen molar-refractivity contribution in [3.8, 4) is 17.0 Å². The number of benzene rings is 2. The van der Waals surface area contributed by atoms with E-state index in [1.54, 1.807) is 0 Å². The van der Waals surface area contributed by atoms with Crippen LogP contribution in [0.4, 0.5) is 10.8 Å². The van der Waals surface area contributed by atoms with Crippen molar-refractivity contribution in [3.05, 3.63) is 69.6 Å². The van der Waals surface area contributed by atoms with E-state index in [0.29, 0.717) is 17.3 Å². The van der Waals surface area contributed by atoms with Gasteiger partial charge in [0.1, 0.15) is 5.75 Å². The fourth-order valence-corrected chi connectivity index (χ4v) is 3.02. The summed E-state index contributed by atoms with van der Waals surface area (Å²) in [6.45, 7) is 2.73. The number of rotatable bonds is 7. The Hall–Kier alpha value is -3.26. The van der Waals surface area contributed by atoms with Gasteiger partial charge in [-0.05, 0) is 42.8 Å². The average molecular weight is 383 g/mol. The number of aromatic nitrogens is 1. The van der Waals surface area contributed by atoms with Gasteiger partial charge in [-0.25, -0.2) is 4.98 Å². The highest BCUT2D eigenvalue weighted by Gasteiger charge is 2.12. The summed E-state index contributed by atoms with van der Waals surface area (Å²) in [5, 5.41) is 15.7. The smallest absolute Gasteiger partial charge is 0.269 e. The van der Waals surface area contributed by atoms with Gasteiger partial charge in [0.25, 0.3) is 11.6 Å². The highest BCUT2D eigenvalue weighted by atomic mass is 32.1. The van der Waals surface area contributed by atoms with Crippen LogP contribution in [0.15, 0.2) is 53.9 Å². The van der Waals surface area contributed by atoms with Crippen LogP contribution in [-0.4, -0.2) is 22.4 Å². The number of carbonyl (C=O) groups is 1. The predicted molar refractivity (Wildman–Crippen MR) is 104 cm³/mol. The fraction of sp³-hybridized carbons (Fsp3) is 0.158. The molecule has 0 radical (unpaired) electrons. The van der Waals surface area contributed by atoms with Crippen LogP contribution in [0, 0.1) is 10.1 Å². The van der Waals surface area contributed by atoms with Gasteiger partial charge in [-0.3, -0.25) is 20.2 Å². The topological polar surface area (TPSA) is 94.4 Å². The van der Waals surface area contributed by atoms with Crippen molar-refractivity contribution in [2.45, 2.75) is 13.3 Å². The predicted octanol–water partition coefficient (Wildman–Crippen LogP) is 4.76. The zero-order valence-electron chi connectivity index (χ0n) is 14.5. The molecule has 3 rings (SSSR count). The van der Waals surface area contributed by atoms with Gasteiger partial charge in [-0.1, -0.05) is 6.92 Å². The number of nitro benzene ring substituents is 1. The van der Waals surface area contributed by atoms with Crippen molar-refractivity contribution in [2.75, 3.05) is 11.9 Å². The van der Waals surface area contributed by atoms with Gasteiger partial charge < -0.3 is 4.74 Å². The van der Waals surface area contributed by atoms with E-state index in [1.165, 1.54) is 35.6 Å². The number of non-ortho nitro benzene ring substituents is 1. The number of nitro groups is 1. The lowest BCUT2D eigenvalue weighted by Crippen LogP contribution is -2.11. The molecule has 0 aliphatic rings. The molecule has 0 saturated carbocycles. The Kier molecular flexibility index (Phi) is 5.77. The van der Waals surface area contributed by atoms with Crippen LogP contribution in [0.5, 0.6) is 5.75 Å². The summed E-state index contributed by atoms with van der Waals surface area (Å²) in [4.78, 5) is 26.8. The van der Waals surface area contributed by atoms with E-state index in [1.807, 2.05) is 29.6 Å². The second-order valence-electron chi connectivity index (χ2n) is 5.67. The molecule has 8 heteroatoms. The maximum atomic E-state index is 12.3. The number of hydrogen-bond acceptors (Lipinski definition) is 6. The van der Waals surface area contributed by atoms with Crippen LogP contribution >= 0.6 is 11.3 Å². The van der Waals surface area contributed by atoms with Gasteiger partial charge in [-0.2, -0.15) is 0 Å². The molecular formula is C19H17N3O4S. The number of ether oxygens (including phenoxy) is 1. The lowest BCUT2D eigenvalue weighted by Gasteiger charge is -2.04. The number of carbonyl (C=O) groups excluding carboxylic acids is 1. The molecule has 1 N–H and O–H groups in total. The Morgan fingerprint density at radius 2 is 1.89 bits per heavy atom. The lowest BCUT2D eigenvalue weighted by molar-refractivity contribution is -0.384. The number of anilines is 1. The molecule has 0 bridgehead atoms. The minimum absolute atomic E-state index is 0.0607. The Bertz CT molecular complexity index is 936. The zero-order chi connectivity index (χ0) is 19.2. The SMILES string of the molecule is CCCOc1ccc(-c2csc(NC(=O)c3ccc([N+](=O)[O-])cc3)n2)cc1. The summed E-state index contributed by atoms with van der Waals surface area (Å²) in [7, 11) is 0. The highest BCUT2D eigenvalue weighted by Crippen LogP contribution is 2.27. The van der Waals surface area contributed by atoms with E-state index in [9.17, 15) is 14.9 Å². The third-order valence-electron chi connectivity index (χ3n) is 3.69. The monoisotopic (exact) mass is 383 g/mol. The molecule has 0 aliphatic carbocycles. The van der Waals surface area contributed by atoms with E-state index in [4.69, 9.17) is 4.74 Å². The summed E-state index contributed by atoms with van der Waals surface area (Å²) >= 11 is 1.31. The lowest BCUT2D eigenvalue weighted by atomic mass is 10.2. The second kappa shape index (κ2) is 8.41. The molecule has 0 fully saturated rings. The molecular weight excluding hydrogens is 366 g/mol. The van der Waals surface area contributed by atoms with Crippen LogP contribution in [0.3, 0.4) is 0 Å². The second-order valence-corrected chi connectivity index (χ2v) is 6.53. The number of hydrogen-bond donors (Lipinski definition) is 1.